The van der Waals surface area contributed by atoms with Gasteiger partial charge in [-0.1, -0.05) is 51.1 Å². The summed E-state index contributed by atoms with van der Waals surface area (Å²) < 4.78 is 23.2. The fourth-order valence-electron chi connectivity index (χ4n) is 6.67. The van der Waals surface area contributed by atoms with Crippen LogP contribution in [0.3, 0.4) is 0 Å². The van der Waals surface area contributed by atoms with Crippen molar-refractivity contribution in [2.75, 3.05) is 14.2 Å². The van der Waals surface area contributed by atoms with E-state index in [4.69, 9.17) is 18.9 Å². The van der Waals surface area contributed by atoms with Gasteiger partial charge in [0.1, 0.15) is 12.2 Å². The summed E-state index contributed by atoms with van der Waals surface area (Å²) in [4.78, 5) is 13.1. The summed E-state index contributed by atoms with van der Waals surface area (Å²) in [6, 6.07) is 9.07. The molecule has 0 amide bonds. The minimum atomic E-state index is -1.25. The second-order valence-corrected chi connectivity index (χ2v) is 10.0. The van der Waals surface area contributed by atoms with Crippen LogP contribution in [-0.2, 0) is 23.7 Å². The summed E-state index contributed by atoms with van der Waals surface area (Å²) in [5, 5.41) is 22.4. The molecule has 7 nitrogen and oxygen atoms in total. The topological polar surface area (TPSA) is 94.5 Å². The third-order valence-electron chi connectivity index (χ3n) is 7.99. The number of carbonyl (C=O) groups is 1. The normalized spacial score (nSPS) is 42.0. The highest BCUT2D eigenvalue weighted by atomic mass is 16.7. The molecule has 1 saturated heterocycles. The molecular weight excluding hydrogens is 400 g/mol. The SMILES string of the molecule is CO[C@@H]1O[C@H]2CCC(C)(C)[C@@H]3[C@@H](O)[C@@H](O)[C@@H](OC(=O)[C@H](OC)c4ccccc4)[C@@H]1[C@@]23C. The molecule has 0 bridgehead atoms. The number of aliphatic hydroxyl groups excluding tert-OH is 2. The van der Waals surface area contributed by atoms with Crippen molar-refractivity contribution in [2.24, 2.45) is 22.7 Å². The summed E-state index contributed by atoms with van der Waals surface area (Å²) in [6.07, 6.45) is -3.29. The number of ether oxygens (including phenoxy) is 4. The molecule has 1 aliphatic heterocycles. The largest absolute Gasteiger partial charge is 0.457 e. The smallest absolute Gasteiger partial charge is 0.340 e. The lowest BCUT2D eigenvalue weighted by atomic mass is 9.46. The van der Waals surface area contributed by atoms with E-state index >= 15 is 0 Å². The van der Waals surface area contributed by atoms with E-state index in [0.717, 1.165) is 12.8 Å². The van der Waals surface area contributed by atoms with Crippen molar-refractivity contribution in [1.82, 2.24) is 0 Å². The molecule has 1 aromatic carbocycles. The minimum Gasteiger partial charge on any atom is -0.457 e. The van der Waals surface area contributed by atoms with Crippen molar-refractivity contribution >= 4 is 5.97 Å². The van der Waals surface area contributed by atoms with E-state index in [1.54, 1.807) is 19.2 Å². The van der Waals surface area contributed by atoms with Gasteiger partial charge in [-0.3, -0.25) is 0 Å². The first kappa shape index (κ1) is 22.7. The van der Waals surface area contributed by atoms with Gasteiger partial charge in [-0.25, -0.2) is 4.79 Å². The van der Waals surface area contributed by atoms with Gasteiger partial charge in [0.2, 0.25) is 0 Å². The third kappa shape index (κ3) is 3.42. The number of methoxy groups -OCH3 is 2. The van der Waals surface area contributed by atoms with Gasteiger partial charge in [-0.2, -0.15) is 0 Å². The number of hydrogen-bond acceptors (Lipinski definition) is 7. The lowest BCUT2D eigenvalue weighted by molar-refractivity contribution is -0.243. The number of benzene rings is 1. The van der Waals surface area contributed by atoms with Gasteiger partial charge in [0.25, 0.3) is 0 Å². The van der Waals surface area contributed by atoms with Crippen LogP contribution in [0.2, 0.25) is 0 Å². The Balaban J connectivity index is 1.69. The summed E-state index contributed by atoms with van der Waals surface area (Å²) in [6.45, 7) is 6.32. The molecule has 3 aliphatic rings. The average Bonchev–Trinajstić information content (AvgIpc) is 3.03. The number of carbonyl (C=O) groups excluding carboxylic acids is 1. The van der Waals surface area contributed by atoms with Crippen molar-refractivity contribution in [2.45, 2.75) is 70.4 Å². The molecule has 172 valence electrons. The first-order valence-corrected chi connectivity index (χ1v) is 11.0. The molecule has 1 heterocycles. The first-order chi connectivity index (χ1) is 14.7. The second-order valence-electron chi connectivity index (χ2n) is 10.0. The molecule has 0 unspecified atom stereocenters. The van der Waals surface area contributed by atoms with Crippen LogP contribution < -0.4 is 0 Å². The average molecular weight is 435 g/mol. The molecule has 2 saturated carbocycles. The van der Waals surface area contributed by atoms with E-state index in [1.165, 1.54) is 7.11 Å². The van der Waals surface area contributed by atoms with E-state index in [-0.39, 0.29) is 17.4 Å². The van der Waals surface area contributed by atoms with Crippen LogP contribution in [0.5, 0.6) is 0 Å². The first-order valence-electron chi connectivity index (χ1n) is 11.0. The standard InChI is InChI=1S/C24H34O7/c1-23(2)12-11-14-24(3)15(22(29-5)30-14)19(16(25)17(26)20(23)24)31-21(27)18(28-4)13-9-7-6-8-10-13/h6-10,14-20,22,25-26H,11-12H2,1-5H3/t14-,15-,16+,17-,18+,19-,20-,22+,24+/m0/s1. The van der Waals surface area contributed by atoms with E-state index in [9.17, 15) is 15.0 Å². The van der Waals surface area contributed by atoms with Gasteiger partial charge in [0, 0.05) is 25.6 Å². The second kappa shape index (κ2) is 8.12. The molecule has 3 fully saturated rings. The lowest BCUT2D eigenvalue weighted by Crippen LogP contribution is -2.68. The maximum Gasteiger partial charge on any atom is 0.340 e. The molecule has 9 atom stereocenters. The maximum atomic E-state index is 13.1. The van der Waals surface area contributed by atoms with Crippen molar-refractivity contribution < 1.29 is 34.0 Å². The van der Waals surface area contributed by atoms with Crippen LogP contribution in [0.25, 0.3) is 0 Å². The van der Waals surface area contributed by atoms with Crippen LogP contribution in [0.15, 0.2) is 30.3 Å². The Bertz CT molecular complexity index is 796. The number of esters is 1. The molecule has 2 N–H and O–H groups in total. The van der Waals surface area contributed by atoms with Gasteiger partial charge in [0.05, 0.1) is 18.1 Å². The monoisotopic (exact) mass is 434 g/mol. The Hall–Kier alpha value is -1.51. The highest BCUT2D eigenvalue weighted by Gasteiger charge is 2.71. The van der Waals surface area contributed by atoms with Gasteiger partial charge >= 0.3 is 5.97 Å². The molecule has 7 heteroatoms. The predicted octanol–water partition coefficient (Wildman–Crippen LogP) is 2.45. The fourth-order valence-corrected chi connectivity index (χ4v) is 6.67. The van der Waals surface area contributed by atoms with Gasteiger partial charge < -0.3 is 29.2 Å². The van der Waals surface area contributed by atoms with Gasteiger partial charge in [-0.05, 0) is 23.8 Å². The summed E-state index contributed by atoms with van der Waals surface area (Å²) in [5.74, 6) is -1.25. The van der Waals surface area contributed by atoms with Crippen molar-refractivity contribution in [1.29, 1.82) is 0 Å². The maximum absolute atomic E-state index is 13.1. The van der Waals surface area contributed by atoms with Gasteiger partial charge in [0.15, 0.2) is 12.4 Å². The quantitative estimate of drug-likeness (QED) is 0.688. The zero-order valence-corrected chi connectivity index (χ0v) is 18.9. The molecule has 0 radical (unpaired) electrons. The van der Waals surface area contributed by atoms with Crippen molar-refractivity contribution in [3.8, 4) is 0 Å². The summed E-state index contributed by atoms with van der Waals surface area (Å²) >= 11 is 0. The van der Waals surface area contributed by atoms with E-state index in [1.807, 2.05) is 18.2 Å². The molecule has 4 rings (SSSR count). The number of rotatable bonds is 5. The molecule has 0 spiro atoms. The molecule has 2 aliphatic carbocycles. The minimum absolute atomic E-state index is 0.142. The van der Waals surface area contributed by atoms with Crippen molar-refractivity contribution in [3.63, 3.8) is 0 Å². The van der Waals surface area contributed by atoms with Crippen LogP contribution in [0.1, 0.15) is 45.3 Å². The molecular formula is C24H34O7. The highest BCUT2D eigenvalue weighted by Crippen LogP contribution is 2.65. The van der Waals surface area contributed by atoms with E-state index < -0.39 is 48.0 Å². The van der Waals surface area contributed by atoms with Crippen LogP contribution in [0.4, 0.5) is 0 Å². The predicted molar refractivity (Wildman–Crippen MR) is 112 cm³/mol. The highest BCUT2D eigenvalue weighted by molar-refractivity contribution is 5.76. The van der Waals surface area contributed by atoms with E-state index in [0.29, 0.717) is 5.56 Å². The van der Waals surface area contributed by atoms with Crippen LogP contribution in [0, 0.1) is 22.7 Å². The Morgan fingerprint density at radius 3 is 2.42 bits per heavy atom. The molecule has 0 aromatic heterocycles. The Kier molecular flexibility index (Phi) is 5.94. The fraction of sp³-hybridized carbons (Fsp3) is 0.708. The Morgan fingerprint density at radius 2 is 1.81 bits per heavy atom. The van der Waals surface area contributed by atoms with Crippen LogP contribution >= 0.6 is 0 Å². The lowest BCUT2D eigenvalue weighted by Gasteiger charge is -2.60. The van der Waals surface area contributed by atoms with E-state index in [2.05, 4.69) is 20.8 Å². The Morgan fingerprint density at radius 1 is 1.13 bits per heavy atom. The van der Waals surface area contributed by atoms with Crippen molar-refractivity contribution in [3.05, 3.63) is 35.9 Å². The molecule has 31 heavy (non-hydrogen) atoms. The zero-order valence-electron chi connectivity index (χ0n) is 18.9. The zero-order chi connectivity index (χ0) is 22.6. The number of hydrogen-bond donors (Lipinski definition) is 2. The van der Waals surface area contributed by atoms with Crippen LogP contribution in [-0.4, -0.2) is 61.1 Å². The third-order valence-corrected chi connectivity index (χ3v) is 7.99. The van der Waals surface area contributed by atoms with Gasteiger partial charge in [-0.15, -0.1) is 0 Å². The number of aliphatic hydroxyl groups is 2. The summed E-state index contributed by atoms with van der Waals surface area (Å²) in [7, 11) is 3.00. The Labute approximate surface area is 183 Å². The summed E-state index contributed by atoms with van der Waals surface area (Å²) in [5.41, 5.74) is -0.0572. The molecule has 1 aromatic rings.